The number of esters is 1. The van der Waals surface area contributed by atoms with Gasteiger partial charge in [0.1, 0.15) is 5.82 Å². The van der Waals surface area contributed by atoms with Crippen molar-refractivity contribution in [2.24, 2.45) is 11.8 Å². The van der Waals surface area contributed by atoms with Crippen LogP contribution in [0.2, 0.25) is 0 Å². The number of amides is 1. The normalized spacial score (nSPS) is 20.7. The minimum Gasteiger partial charge on any atom is -0.461 e. The van der Waals surface area contributed by atoms with Crippen molar-refractivity contribution in [1.29, 1.82) is 0 Å². The average Bonchev–Trinajstić information content (AvgIpc) is 3.58. The molecule has 8 heteroatoms. The fraction of sp³-hybridized carbons (Fsp3) is 0.583. The first-order valence-corrected chi connectivity index (χ1v) is 11.8. The summed E-state index contributed by atoms with van der Waals surface area (Å²) >= 11 is 0. The summed E-state index contributed by atoms with van der Waals surface area (Å²) in [5.41, 5.74) is 2.36. The van der Waals surface area contributed by atoms with Gasteiger partial charge in [0.15, 0.2) is 5.69 Å². The van der Waals surface area contributed by atoms with Crippen LogP contribution in [0.3, 0.4) is 0 Å². The Kier molecular flexibility index (Phi) is 5.85. The van der Waals surface area contributed by atoms with Crippen LogP contribution in [-0.2, 0) is 29.0 Å². The van der Waals surface area contributed by atoms with Crippen molar-refractivity contribution in [3.63, 3.8) is 0 Å². The Labute approximate surface area is 188 Å². The molecule has 2 fully saturated rings. The lowest BCUT2D eigenvalue weighted by molar-refractivity contribution is -0.136. The van der Waals surface area contributed by atoms with Crippen molar-refractivity contribution in [3.05, 3.63) is 41.3 Å². The summed E-state index contributed by atoms with van der Waals surface area (Å²) in [6.45, 7) is 5.70. The maximum absolute atomic E-state index is 13.5. The van der Waals surface area contributed by atoms with E-state index in [2.05, 4.69) is 15.0 Å². The molecule has 1 atom stereocenters. The van der Waals surface area contributed by atoms with Gasteiger partial charge in [0.2, 0.25) is 5.91 Å². The number of ether oxygens (including phenoxy) is 1. The first-order chi connectivity index (χ1) is 15.6. The molecule has 1 amide bonds. The van der Waals surface area contributed by atoms with E-state index in [9.17, 15) is 9.59 Å². The van der Waals surface area contributed by atoms with Gasteiger partial charge in [0.05, 0.1) is 12.5 Å². The van der Waals surface area contributed by atoms with Crippen LogP contribution in [0.4, 0.5) is 5.82 Å². The SMILES string of the molecule is CCOC(=O)c1nn(CC2CC2)c2c1CN(C(=O)C1CCCN(c3ccccn3)C1)CC2. The summed E-state index contributed by atoms with van der Waals surface area (Å²) in [6, 6.07) is 5.89. The highest BCUT2D eigenvalue weighted by Crippen LogP contribution is 2.33. The third-order valence-corrected chi connectivity index (χ3v) is 6.79. The Morgan fingerprint density at radius 1 is 1.19 bits per heavy atom. The molecule has 1 saturated carbocycles. The molecule has 2 aliphatic heterocycles. The second kappa shape index (κ2) is 8.92. The van der Waals surface area contributed by atoms with E-state index in [1.807, 2.05) is 27.8 Å². The lowest BCUT2D eigenvalue weighted by Gasteiger charge is -2.36. The first kappa shape index (κ1) is 21.0. The van der Waals surface area contributed by atoms with Gasteiger partial charge in [0, 0.05) is 56.6 Å². The number of hydrogen-bond donors (Lipinski definition) is 0. The van der Waals surface area contributed by atoms with Crippen LogP contribution in [0.1, 0.15) is 54.4 Å². The molecule has 1 unspecified atom stereocenters. The smallest absolute Gasteiger partial charge is 0.359 e. The summed E-state index contributed by atoms with van der Waals surface area (Å²) in [7, 11) is 0. The van der Waals surface area contributed by atoms with Crippen molar-refractivity contribution >= 4 is 17.7 Å². The monoisotopic (exact) mass is 437 g/mol. The number of piperidine rings is 1. The number of anilines is 1. The zero-order chi connectivity index (χ0) is 22.1. The molecule has 0 aromatic carbocycles. The van der Waals surface area contributed by atoms with E-state index in [1.165, 1.54) is 12.8 Å². The van der Waals surface area contributed by atoms with Gasteiger partial charge >= 0.3 is 5.97 Å². The fourth-order valence-corrected chi connectivity index (χ4v) is 4.92. The summed E-state index contributed by atoms with van der Waals surface area (Å²) < 4.78 is 7.28. The maximum Gasteiger partial charge on any atom is 0.359 e. The zero-order valence-corrected chi connectivity index (χ0v) is 18.7. The van der Waals surface area contributed by atoms with Crippen molar-refractivity contribution in [1.82, 2.24) is 19.7 Å². The molecule has 0 N–H and O–H groups in total. The highest BCUT2D eigenvalue weighted by Gasteiger charge is 2.36. The van der Waals surface area contributed by atoms with Crippen LogP contribution in [0, 0.1) is 11.8 Å². The number of carbonyl (C=O) groups is 2. The van der Waals surface area contributed by atoms with Crippen molar-refractivity contribution in [3.8, 4) is 0 Å². The third-order valence-electron chi connectivity index (χ3n) is 6.79. The summed E-state index contributed by atoms with van der Waals surface area (Å²) in [6.07, 6.45) is 6.83. The average molecular weight is 438 g/mol. The van der Waals surface area contributed by atoms with Gasteiger partial charge in [-0.25, -0.2) is 9.78 Å². The van der Waals surface area contributed by atoms with E-state index < -0.39 is 0 Å². The Morgan fingerprint density at radius 3 is 2.81 bits per heavy atom. The van der Waals surface area contributed by atoms with Crippen LogP contribution < -0.4 is 4.90 Å². The van der Waals surface area contributed by atoms with E-state index in [1.54, 1.807) is 13.1 Å². The summed E-state index contributed by atoms with van der Waals surface area (Å²) in [5.74, 6) is 1.32. The molecule has 2 aromatic heterocycles. The van der Waals surface area contributed by atoms with Gasteiger partial charge in [-0.15, -0.1) is 0 Å². The molecule has 4 heterocycles. The molecule has 3 aliphatic rings. The Hall–Kier alpha value is -2.90. The Balaban J connectivity index is 1.33. The zero-order valence-electron chi connectivity index (χ0n) is 18.7. The van der Waals surface area contributed by atoms with Crippen LogP contribution in [0.5, 0.6) is 0 Å². The second-order valence-electron chi connectivity index (χ2n) is 9.10. The van der Waals surface area contributed by atoms with Gasteiger partial charge in [-0.1, -0.05) is 6.07 Å². The molecular weight excluding hydrogens is 406 g/mol. The van der Waals surface area contributed by atoms with Crippen molar-refractivity contribution in [2.45, 2.75) is 52.1 Å². The summed E-state index contributed by atoms with van der Waals surface area (Å²) in [5, 5.41) is 4.64. The van der Waals surface area contributed by atoms with Crippen LogP contribution in [0.15, 0.2) is 24.4 Å². The third kappa shape index (κ3) is 4.23. The van der Waals surface area contributed by atoms with E-state index >= 15 is 0 Å². The van der Waals surface area contributed by atoms with E-state index in [-0.39, 0.29) is 17.8 Å². The van der Waals surface area contributed by atoms with E-state index in [0.29, 0.717) is 37.9 Å². The largest absolute Gasteiger partial charge is 0.461 e. The quantitative estimate of drug-likeness (QED) is 0.647. The number of nitrogens with zero attached hydrogens (tertiary/aromatic N) is 5. The Bertz CT molecular complexity index is 985. The number of fused-ring (bicyclic) bond motifs is 1. The van der Waals surface area contributed by atoms with E-state index in [0.717, 1.165) is 49.4 Å². The molecule has 0 bridgehead atoms. The molecule has 5 rings (SSSR count). The van der Waals surface area contributed by atoms with Gasteiger partial charge in [-0.05, 0) is 50.7 Å². The highest BCUT2D eigenvalue weighted by molar-refractivity contribution is 5.89. The molecule has 32 heavy (non-hydrogen) atoms. The Morgan fingerprint density at radius 2 is 2.06 bits per heavy atom. The van der Waals surface area contributed by atoms with Gasteiger partial charge in [-0.2, -0.15) is 5.10 Å². The molecule has 1 aliphatic carbocycles. The highest BCUT2D eigenvalue weighted by atomic mass is 16.5. The lowest BCUT2D eigenvalue weighted by Crippen LogP contribution is -2.46. The number of aromatic nitrogens is 3. The van der Waals surface area contributed by atoms with Crippen molar-refractivity contribution in [2.75, 3.05) is 31.1 Å². The molecule has 8 nitrogen and oxygen atoms in total. The summed E-state index contributed by atoms with van der Waals surface area (Å²) in [4.78, 5) is 34.7. The van der Waals surface area contributed by atoms with Crippen molar-refractivity contribution < 1.29 is 14.3 Å². The molecule has 1 saturated heterocycles. The first-order valence-electron chi connectivity index (χ1n) is 11.8. The lowest BCUT2D eigenvalue weighted by atomic mass is 9.95. The van der Waals surface area contributed by atoms with Crippen LogP contribution in [-0.4, -0.2) is 57.8 Å². The van der Waals surface area contributed by atoms with Crippen LogP contribution in [0.25, 0.3) is 0 Å². The molecule has 0 spiro atoms. The molecule has 170 valence electrons. The second-order valence-corrected chi connectivity index (χ2v) is 9.10. The number of rotatable bonds is 6. The number of pyridine rings is 1. The minimum absolute atomic E-state index is 0.0557. The minimum atomic E-state index is -0.383. The fourth-order valence-electron chi connectivity index (χ4n) is 4.92. The number of carbonyl (C=O) groups excluding carboxylic acids is 2. The standard InChI is InChI=1S/C24H31N5O3/c1-2-32-24(31)22-19-16-28(13-10-20(19)29(26-22)14-17-8-9-17)23(30)18-6-5-12-27(15-18)21-7-3-4-11-25-21/h3-4,7,11,17-18H,2,5-6,8-10,12-16H2,1H3. The molecule has 0 radical (unpaired) electrons. The topological polar surface area (TPSA) is 80.6 Å². The predicted octanol–water partition coefficient (Wildman–Crippen LogP) is 2.67. The van der Waals surface area contributed by atoms with E-state index in [4.69, 9.17) is 4.74 Å². The van der Waals surface area contributed by atoms with Crippen LogP contribution >= 0.6 is 0 Å². The molecule has 2 aromatic rings. The number of hydrogen-bond acceptors (Lipinski definition) is 6. The maximum atomic E-state index is 13.5. The predicted molar refractivity (Wildman–Crippen MR) is 119 cm³/mol. The van der Waals surface area contributed by atoms with Gasteiger partial charge in [0.25, 0.3) is 0 Å². The van der Waals surface area contributed by atoms with Gasteiger partial charge in [-0.3, -0.25) is 9.48 Å². The molecular formula is C24H31N5O3. The van der Waals surface area contributed by atoms with Gasteiger partial charge < -0.3 is 14.5 Å².